The molecule has 2 atom stereocenters. The van der Waals surface area contributed by atoms with Gasteiger partial charge >= 0.3 is 0 Å². The number of rotatable bonds is 6. The summed E-state index contributed by atoms with van der Waals surface area (Å²) < 4.78 is 5.33. The number of ether oxygens (including phenoxy) is 1. The molecule has 0 unspecified atom stereocenters. The maximum atomic E-state index is 10.3. The number of aliphatic imine (C=N–C) groups is 1. The number of para-hydroxylation sites is 1. The van der Waals surface area contributed by atoms with Crippen molar-refractivity contribution in [2.45, 2.75) is 26.0 Å². The van der Waals surface area contributed by atoms with Crippen LogP contribution in [-0.2, 0) is 0 Å². The topological polar surface area (TPSA) is 82.3 Å². The van der Waals surface area contributed by atoms with Gasteiger partial charge in [-0.25, -0.2) is 0 Å². The molecule has 23 heavy (non-hydrogen) atoms. The van der Waals surface area contributed by atoms with Crippen molar-refractivity contribution in [1.82, 2.24) is 0 Å². The first-order valence-electron chi connectivity index (χ1n) is 7.48. The average molecular weight is 315 g/mol. The number of phenolic OH excluding ortho intramolecular Hbond substituents is 2. The summed E-state index contributed by atoms with van der Waals surface area (Å²) in [7, 11) is 0. The Morgan fingerprint density at radius 1 is 1.13 bits per heavy atom. The van der Waals surface area contributed by atoms with E-state index in [1.807, 2.05) is 6.92 Å². The molecule has 0 amide bonds. The van der Waals surface area contributed by atoms with E-state index in [0.717, 1.165) is 0 Å². The van der Waals surface area contributed by atoms with Crippen LogP contribution in [0.5, 0.6) is 17.2 Å². The highest BCUT2D eigenvalue weighted by Crippen LogP contribution is 2.29. The molecule has 0 aromatic heterocycles. The molecule has 0 saturated heterocycles. The van der Waals surface area contributed by atoms with Crippen LogP contribution in [0.1, 0.15) is 31.1 Å². The summed E-state index contributed by atoms with van der Waals surface area (Å²) in [6.45, 7) is 4.08. The van der Waals surface area contributed by atoms with Crippen LogP contribution in [0.2, 0.25) is 0 Å². The maximum absolute atomic E-state index is 10.3. The van der Waals surface area contributed by atoms with E-state index < -0.39 is 12.1 Å². The Hall–Kier alpha value is -2.53. The molecule has 0 radical (unpaired) electrons. The van der Waals surface area contributed by atoms with Crippen molar-refractivity contribution >= 4 is 6.21 Å². The summed E-state index contributed by atoms with van der Waals surface area (Å²) in [5.74, 6) is 0.586. The minimum Gasteiger partial charge on any atom is -0.508 e. The molecule has 0 aliphatic heterocycles. The van der Waals surface area contributed by atoms with Gasteiger partial charge in [0.15, 0.2) is 11.5 Å². The molecular formula is C18H21NO4. The van der Waals surface area contributed by atoms with Gasteiger partial charge in [0.25, 0.3) is 0 Å². The normalized spacial score (nSPS) is 13.9. The smallest absolute Gasteiger partial charge is 0.166 e. The second-order valence-corrected chi connectivity index (χ2v) is 5.18. The molecule has 5 heteroatoms. The number of aromatic hydroxyl groups is 2. The number of phenols is 2. The molecule has 2 rings (SSSR count). The fourth-order valence-electron chi connectivity index (χ4n) is 2.14. The van der Waals surface area contributed by atoms with Gasteiger partial charge in [0.05, 0.1) is 12.6 Å². The monoisotopic (exact) mass is 315 g/mol. The van der Waals surface area contributed by atoms with Gasteiger partial charge in [-0.05, 0) is 43.7 Å². The number of nitrogens with zero attached hydrogens (tertiary/aromatic N) is 1. The molecule has 0 aliphatic rings. The molecule has 2 aromatic rings. The predicted octanol–water partition coefficient (Wildman–Crippen LogP) is 3.04. The van der Waals surface area contributed by atoms with Crippen LogP contribution in [0, 0.1) is 0 Å². The molecular weight excluding hydrogens is 294 g/mol. The van der Waals surface area contributed by atoms with E-state index >= 15 is 0 Å². The molecule has 0 saturated carbocycles. The van der Waals surface area contributed by atoms with Gasteiger partial charge in [-0.1, -0.05) is 18.2 Å². The van der Waals surface area contributed by atoms with Crippen molar-refractivity contribution in [3.63, 3.8) is 0 Å². The van der Waals surface area contributed by atoms with E-state index in [1.165, 1.54) is 18.3 Å². The summed E-state index contributed by atoms with van der Waals surface area (Å²) >= 11 is 0. The number of hydrogen-bond acceptors (Lipinski definition) is 5. The van der Waals surface area contributed by atoms with Crippen molar-refractivity contribution in [3.05, 3.63) is 53.6 Å². The van der Waals surface area contributed by atoms with E-state index in [4.69, 9.17) is 4.74 Å². The minimum absolute atomic E-state index is 0.0319. The minimum atomic E-state index is -0.802. The highest BCUT2D eigenvalue weighted by Gasteiger charge is 2.15. The first kappa shape index (κ1) is 16.8. The van der Waals surface area contributed by atoms with Crippen molar-refractivity contribution < 1.29 is 20.1 Å². The van der Waals surface area contributed by atoms with E-state index in [2.05, 4.69) is 4.99 Å². The van der Waals surface area contributed by atoms with E-state index in [-0.39, 0.29) is 11.5 Å². The third-order valence-electron chi connectivity index (χ3n) is 3.47. The summed E-state index contributed by atoms with van der Waals surface area (Å²) in [5.41, 5.74) is 1.19. The second kappa shape index (κ2) is 7.65. The van der Waals surface area contributed by atoms with Crippen LogP contribution in [0.4, 0.5) is 0 Å². The fourth-order valence-corrected chi connectivity index (χ4v) is 2.14. The summed E-state index contributed by atoms with van der Waals surface area (Å²) in [6, 6.07) is 11.1. The zero-order valence-electron chi connectivity index (χ0n) is 13.2. The van der Waals surface area contributed by atoms with E-state index in [0.29, 0.717) is 23.5 Å². The number of aliphatic hydroxyl groups is 1. The molecule has 0 bridgehead atoms. The first-order chi connectivity index (χ1) is 11.0. The Morgan fingerprint density at radius 2 is 1.83 bits per heavy atom. The number of aliphatic hydroxyl groups excluding tert-OH is 1. The molecule has 0 spiro atoms. The lowest BCUT2D eigenvalue weighted by Gasteiger charge is -2.15. The van der Waals surface area contributed by atoms with Gasteiger partial charge in [0.1, 0.15) is 11.9 Å². The van der Waals surface area contributed by atoms with Gasteiger partial charge in [-0.3, -0.25) is 4.99 Å². The van der Waals surface area contributed by atoms with Crippen LogP contribution < -0.4 is 4.74 Å². The molecule has 3 N–H and O–H groups in total. The van der Waals surface area contributed by atoms with Gasteiger partial charge in [-0.2, -0.15) is 0 Å². The molecule has 0 heterocycles. The lowest BCUT2D eigenvalue weighted by Crippen LogP contribution is -2.12. The highest BCUT2D eigenvalue weighted by atomic mass is 16.5. The Balaban J connectivity index is 2.13. The van der Waals surface area contributed by atoms with Crippen LogP contribution in [0.25, 0.3) is 0 Å². The Labute approximate surface area is 135 Å². The van der Waals surface area contributed by atoms with Crippen molar-refractivity contribution in [2.75, 3.05) is 6.61 Å². The molecule has 0 fully saturated rings. The zero-order chi connectivity index (χ0) is 16.8. The Kier molecular flexibility index (Phi) is 5.60. The van der Waals surface area contributed by atoms with Crippen LogP contribution in [0.3, 0.4) is 0 Å². The molecule has 122 valence electrons. The average Bonchev–Trinajstić information content (AvgIpc) is 2.55. The second-order valence-electron chi connectivity index (χ2n) is 5.18. The van der Waals surface area contributed by atoms with Crippen molar-refractivity contribution in [2.24, 2.45) is 4.99 Å². The van der Waals surface area contributed by atoms with Gasteiger partial charge in [0.2, 0.25) is 0 Å². The molecule has 0 aliphatic carbocycles. The quantitative estimate of drug-likeness (QED) is 0.716. The van der Waals surface area contributed by atoms with Gasteiger partial charge in [0, 0.05) is 11.8 Å². The summed E-state index contributed by atoms with van der Waals surface area (Å²) in [5, 5.41) is 29.7. The van der Waals surface area contributed by atoms with Gasteiger partial charge < -0.3 is 20.1 Å². The summed E-state index contributed by atoms with van der Waals surface area (Å²) in [4.78, 5) is 4.30. The predicted molar refractivity (Wildman–Crippen MR) is 89.4 cm³/mol. The van der Waals surface area contributed by atoms with E-state index in [1.54, 1.807) is 37.3 Å². The van der Waals surface area contributed by atoms with Crippen LogP contribution >= 0.6 is 0 Å². The van der Waals surface area contributed by atoms with Gasteiger partial charge in [-0.15, -0.1) is 0 Å². The third-order valence-corrected chi connectivity index (χ3v) is 3.47. The van der Waals surface area contributed by atoms with Crippen LogP contribution in [0.15, 0.2) is 47.5 Å². The van der Waals surface area contributed by atoms with Crippen molar-refractivity contribution in [3.8, 4) is 17.2 Å². The molecule has 5 nitrogen and oxygen atoms in total. The lowest BCUT2D eigenvalue weighted by atomic mass is 10.0. The zero-order valence-corrected chi connectivity index (χ0v) is 13.2. The highest BCUT2D eigenvalue weighted by molar-refractivity contribution is 5.84. The SMILES string of the molecule is CCOc1cccc(C=N[C@@H](C)[C@H](O)c2ccc(O)cc2)c1O. The first-order valence-corrected chi connectivity index (χ1v) is 7.48. The Morgan fingerprint density at radius 3 is 2.48 bits per heavy atom. The Bertz CT molecular complexity index is 667. The maximum Gasteiger partial charge on any atom is 0.166 e. The summed E-state index contributed by atoms with van der Waals surface area (Å²) in [6.07, 6.45) is 0.718. The largest absolute Gasteiger partial charge is 0.508 e. The fraction of sp³-hybridized carbons (Fsp3) is 0.278. The van der Waals surface area contributed by atoms with E-state index in [9.17, 15) is 15.3 Å². The third kappa shape index (κ3) is 4.23. The standard InChI is InChI=1S/C18H21NO4/c1-3-23-16-6-4-5-14(18(16)22)11-19-12(2)17(21)13-7-9-15(20)10-8-13/h4-12,17,20-22H,3H2,1-2H3/t12-,17-/m0/s1. The lowest BCUT2D eigenvalue weighted by molar-refractivity contribution is 0.154. The van der Waals surface area contributed by atoms with Crippen LogP contribution in [-0.4, -0.2) is 34.2 Å². The molecule has 2 aromatic carbocycles. The number of benzene rings is 2. The van der Waals surface area contributed by atoms with Crippen molar-refractivity contribution in [1.29, 1.82) is 0 Å². The number of hydrogen-bond donors (Lipinski definition) is 3.